The van der Waals surface area contributed by atoms with Crippen molar-refractivity contribution in [2.75, 3.05) is 6.61 Å². The van der Waals surface area contributed by atoms with Gasteiger partial charge in [-0.25, -0.2) is 0 Å². The van der Waals surface area contributed by atoms with Gasteiger partial charge in [-0.1, -0.05) is 42.5 Å². The minimum Gasteiger partial charge on any atom is -0.476 e. The first-order valence-corrected chi connectivity index (χ1v) is 8.32. The normalized spacial score (nSPS) is 13.2. The molecule has 2 aromatic carbocycles. The Labute approximate surface area is 150 Å². The van der Waals surface area contributed by atoms with Crippen LogP contribution in [0.25, 0.3) is 11.3 Å². The quantitative estimate of drug-likeness (QED) is 0.660. The van der Waals surface area contributed by atoms with Gasteiger partial charge in [-0.05, 0) is 24.2 Å². The maximum Gasteiger partial charge on any atom is 0.261 e. The second-order valence-corrected chi connectivity index (χ2v) is 5.84. The Bertz CT molecular complexity index is 943. The van der Waals surface area contributed by atoms with Gasteiger partial charge in [0.2, 0.25) is 0 Å². The molecule has 1 aliphatic heterocycles. The smallest absolute Gasteiger partial charge is 0.261 e. The lowest BCUT2D eigenvalue weighted by molar-refractivity contribution is 0.0641. The van der Waals surface area contributed by atoms with Crippen LogP contribution >= 0.6 is 0 Å². The molecule has 0 spiro atoms. The van der Waals surface area contributed by atoms with Crippen LogP contribution in [-0.4, -0.2) is 28.5 Å². The highest BCUT2D eigenvalue weighted by molar-refractivity contribution is 6.21. The zero-order valence-electron chi connectivity index (χ0n) is 14.1. The number of hydrogen-bond donors (Lipinski definition) is 0. The van der Waals surface area contributed by atoms with E-state index in [-0.39, 0.29) is 18.4 Å². The Morgan fingerprint density at radius 2 is 1.58 bits per heavy atom. The van der Waals surface area contributed by atoms with E-state index in [2.05, 4.69) is 5.16 Å². The molecule has 0 bridgehead atoms. The highest BCUT2D eigenvalue weighted by atomic mass is 16.5. The molecule has 0 fully saturated rings. The van der Waals surface area contributed by atoms with Gasteiger partial charge < -0.3 is 9.26 Å². The molecular formula is C20H16N2O4. The van der Waals surface area contributed by atoms with Gasteiger partial charge in [0.25, 0.3) is 17.7 Å². The Balaban J connectivity index is 1.74. The Kier molecular flexibility index (Phi) is 4.01. The van der Waals surface area contributed by atoms with Gasteiger partial charge in [0, 0.05) is 5.56 Å². The van der Waals surface area contributed by atoms with Crippen LogP contribution in [0.15, 0.2) is 59.1 Å². The van der Waals surface area contributed by atoms with Crippen LogP contribution in [0.1, 0.15) is 33.2 Å². The van der Waals surface area contributed by atoms with Crippen molar-refractivity contribution in [3.8, 4) is 17.2 Å². The van der Waals surface area contributed by atoms with Crippen LogP contribution in [0, 0.1) is 0 Å². The maximum atomic E-state index is 12.7. The van der Waals surface area contributed by atoms with E-state index in [9.17, 15) is 9.59 Å². The van der Waals surface area contributed by atoms with Crippen LogP contribution in [-0.2, 0) is 6.54 Å². The number of aromatic nitrogens is 1. The molecule has 0 saturated heterocycles. The van der Waals surface area contributed by atoms with Crippen LogP contribution in [0.2, 0.25) is 0 Å². The first-order valence-electron chi connectivity index (χ1n) is 8.32. The molecule has 6 nitrogen and oxygen atoms in total. The number of benzene rings is 2. The van der Waals surface area contributed by atoms with E-state index >= 15 is 0 Å². The summed E-state index contributed by atoms with van der Waals surface area (Å²) in [5.41, 5.74) is 2.20. The number of amides is 2. The third kappa shape index (κ3) is 2.56. The second kappa shape index (κ2) is 6.48. The van der Waals surface area contributed by atoms with Gasteiger partial charge in [0.15, 0.2) is 5.76 Å². The van der Waals surface area contributed by atoms with Gasteiger partial charge in [-0.2, -0.15) is 0 Å². The largest absolute Gasteiger partial charge is 0.476 e. The average molecular weight is 348 g/mol. The van der Waals surface area contributed by atoms with Crippen molar-refractivity contribution in [1.29, 1.82) is 0 Å². The van der Waals surface area contributed by atoms with Crippen molar-refractivity contribution in [3.05, 3.63) is 71.3 Å². The van der Waals surface area contributed by atoms with Crippen molar-refractivity contribution in [1.82, 2.24) is 10.1 Å². The lowest BCUT2D eigenvalue weighted by Crippen LogP contribution is -2.29. The Morgan fingerprint density at radius 3 is 2.19 bits per heavy atom. The van der Waals surface area contributed by atoms with E-state index in [0.29, 0.717) is 34.9 Å². The molecule has 0 aliphatic carbocycles. The molecule has 0 atom stereocenters. The first-order chi connectivity index (χ1) is 12.7. The third-order valence-electron chi connectivity index (χ3n) is 4.26. The maximum absolute atomic E-state index is 12.7. The molecule has 4 rings (SSSR count). The summed E-state index contributed by atoms with van der Waals surface area (Å²) in [6.45, 7) is 2.27. The van der Waals surface area contributed by atoms with Crippen molar-refractivity contribution in [3.63, 3.8) is 0 Å². The molecule has 3 aromatic rings. The summed E-state index contributed by atoms with van der Waals surface area (Å²) in [5.74, 6) is 0.134. The SMILES string of the molecule is CCOc1noc(-c2ccccc2)c1CN1C(=O)c2ccccc2C1=O. The number of ether oxygens (including phenoxy) is 1. The van der Waals surface area contributed by atoms with Gasteiger partial charge in [0.05, 0.1) is 29.8 Å². The third-order valence-corrected chi connectivity index (χ3v) is 4.26. The molecule has 6 heteroatoms. The van der Waals surface area contributed by atoms with Crippen molar-refractivity contribution in [2.45, 2.75) is 13.5 Å². The molecule has 0 radical (unpaired) electrons. The highest BCUT2D eigenvalue weighted by Gasteiger charge is 2.37. The van der Waals surface area contributed by atoms with Crippen LogP contribution < -0.4 is 4.74 Å². The molecule has 1 aliphatic rings. The number of nitrogens with zero attached hydrogens (tertiary/aromatic N) is 2. The number of hydrogen-bond acceptors (Lipinski definition) is 5. The van der Waals surface area contributed by atoms with Crippen molar-refractivity contribution < 1.29 is 18.8 Å². The van der Waals surface area contributed by atoms with Crippen LogP contribution in [0.4, 0.5) is 0 Å². The monoisotopic (exact) mass is 348 g/mol. The van der Waals surface area contributed by atoms with E-state index in [1.165, 1.54) is 4.90 Å². The first kappa shape index (κ1) is 16.1. The van der Waals surface area contributed by atoms with E-state index in [1.54, 1.807) is 24.3 Å². The lowest BCUT2D eigenvalue weighted by atomic mass is 10.1. The molecule has 2 amide bonds. The van der Waals surface area contributed by atoms with Gasteiger partial charge in [-0.15, -0.1) is 0 Å². The van der Waals surface area contributed by atoms with Crippen molar-refractivity contribution in [2.24, 2.45) is 0 Å². The van der Waals surface area contributed by atoms with E-state index in [4.69, 9.17) is 9.26 Å². The topological polar surface area (TPSA) is 72.6 Å². The molecular weight excluding hydrogens is 332 g/mol. The zero-order valence-corrected chi connectivity index (χ0v) is 14.1. The number of rotatable bonds is 5. The Morgan fingerprint density at radius 1 is 0.962 bits per heavy atom. The molecule has 0 unspecified atom stereocenters. The molecule has 0 N–H and O–H groups in total. The predicted molar refractivity (Wildman–Crippen MR) is 93.8 cm³/mol. The van der Waals surface area contributed by atoms with Crippen molar-refractivity contribution >= 4 is 11.8 Å². The van der Waals surface area contributed by atoms with E-state index < -0.39 is 0 Å². The standard InChI is InChI=1S/C20H16N2O4/c1-2-25-18-16(17(26-21-18)13-8-4-3-5-9-13)12-22-19(23)14-10-6-7-11-15(14)20(22)24/h3-11H,2,12H2,1H3. The molecule has 26 heavy (non-hydrogen) atoms. The summed E-state index contributed by atoms with van der Waals surface area (Å²) < 4.78 is 11.0. The minimum atomic E-state index is -0.326. The predicted octanol–water partition coefficient (Wildman–Crippen LogP) is 3.54. The van der Waals surface area contributed by atoms with E-state index in [0.717, 1.165) is 5.56 Å². The van der Waals surface area contributed by atoms with Gasteiger partial charge in [0.1, 0.15) is 0 Å². The molecule has 130 valence electrons. The average Bonchev–Trinajstić information content (AvgIpc) is 3.18. The summed E-state index contributed by atoms with van der Waals surface area (Å²) >= 11 is 0. The molecule has 2 heterocycles. The zero-order chi connectivity index (χ0) is 18.1. The lowest BCUT2D eigenvalue weighted by Gasteiger charge is -2.14. The highest BCUT2D eigenvalue weighted by Crippen LogP contribution is 2.34. The number of carbonyl (C=O) groups is 2. The molecule has 0 saturated carbocycles. The summed E-state index contributed by atoms with van der Waals surface area (Å²) in [5, 5.41) is 3.98. The fourth-order valence-electron chi connectivity index (χ4n) is 3.04. The second-order valence-electron chi connectivity index (χ2n) is 5.84. The van der Waals surface area contributed by atoms with Gasteiger partial charge >= 0.3 is 0 Å². The van der Waals surface area contributed by atoms with Crippen LogP contribution in [0.5, 0.6) is 5.88 Å². The summed E-state index contributed by atoms with van der Waals surface area (Å²) in [6, 6.07) is 16.2. The summed E-state index contributed by atoms with van der Waals surface area (Å²) in [6.07, 6.45) is 0. The molecule has 1 aromatic heterocycles. The number of imide groups is 1. The van der Waals surface area contributed by atoms with Crippen LogP contribution in [0.3, 0.4) is 0 Å². The van der Waals surface area contributed by atoms with Gasteiger partial charge in [-0.3, -0.25) is 14.5 Å². The number of carbonyl (C=O) groups excluding carboxylic acids is 2. The fraction of sp³-hybridized carbons (Fsp3) is 0.150. The Hall–Kier alpha value is -3.41. The summed E-state index contributed by atoms with van der Waals surface area (Å²) in [4.78, 5) is 26.5. The summed E-state index contributed by atoms with van der Waals surface area (Å²) in [7, 11) is 0. The number of fused-ring (bicyclic) bond motifs is 1. The fourth-order valence-corrected chi connectivity index (χ4v) is 3.04. The van der Waals surface area contributed by atoms with E-state index in [1.807, 2.05) is 37.3 Å². The minimum absolute atomic E-state index is 0.0371.